The van der Waals surface area contributed by atoms with Gasteiger partial charge in [0.2, 0.25) is 0 Å². The molecule has 0 fully saturated rings. The molecule has 0 aromatic heterocycles. The van der Waals surface area contributed by atoms with Crippen molar-refractivity contribution in [3.8, 4) is 17.2 Å². The number of hydrogen-bond acceptors (Lipinski definition) is 19. The third kappa shape index (κ3) is 20.8. The van der Waals surface area contributed by atoms with Crippen LogP contribution in [0.4, 0.5) is 0 Å². The summed E-state index contributed by atoms with van der Waals surface area (Å²) < 4.78 is 4.08. The van der Waals surface area contributed by atoms with Gasteiger partial charge in [-0.2, -0.15) is 4.33 Å². The van der Waals surface area contributed by atoms with Crippen LogP contribution in [-0.2, 0) is 28.6 Å². The van der Waals surface area contributed by atoms with E-state index >= 15 is 0 Å². The molecule has 0 saturated carbocycles. The van der Waals surface area contributed by atoms with Crippen molar-refractivity contribution >= 4 is 53.6 Å². The second-order valence-corrected chi connectivity index (χ2v) is 14.8. The molecule has 0 unspecified atom stereocenters. The number of aromatic hydroxyl groups is 1. The van der Waals surface area contributed by atoms with Crippen molar-refractivity contribution in [3.63, 3.8) is 0 Å². The van der Waals surface area contributed by atoms with E-state index in [4.69, 9.17) is 15.3 Å². The number of likely N-dealkylation sites (N-methyl/N-ethyl adjacent to an activating group) is 8. The molecule has 0 aliphatic carbocycles. The van der Waals surface area contributed by atoms with Crippen LogP contribution in [0.5, 0.6) is 17.2 Å². The van der Waals surface area contributed by atoms with Crippen LogP contribution in [0, 0.1) is 0 Å². The van der Waals surface area contributed by atoms with Crippen LogP contribution in [0.1, 0.15) is 52.3 Å². The lowest BCUT2D eigenvalue weighted by molar-refractivity contribution is -0.777. The summed E-state index contributed by atoms with van der Waals surface area (Å²) in [6.45, 7) is 6.39. The van der Waals surface area contributed by atoms with Gasteiger partial charge in [-0.25, -0.2) is 9.59 Å². The Bertz CT molecular complexity index is 2430. The number of rotatable bonds is 12. The molecule has 0 saturated heterocycles. The number of carbonyl (C=O) groups is 7. The third-order valence-corrected chi connectivity index (χ3v) is 9.95. The standard InChI is InChI=1S/2C10H18N4O2.C7H6O4.C7H6O3.C7H6O2.C6H6O3S.CH4/c2*1-5-14-6-13(4)7(9(15)11-2)8(14)10(16)12-3;8-4-1-2-6(9)5(3-4)7(10)11;8-6-4-2-1-3-5(6)7(9)10;8-7(9)6-4-2-1-3-5-6;7-8-9-10-6-4-2-1-3-5-6;/h2*5-6H2,1-4H3,(H,11,15)(H,12,16);1-3,8-9H,(H,10,11);1-4,8H,(H,9,10);1-5H,(H,8,9);1-5,7H;1H4/p-4. The molecule has 2 heterocycles. The molecular formula is C48H60N8O16S-4. The lowest BCUT2D eigenvalue weighted by atomic mass is 10.2. The first-order valence-corrected chi connectivity index (χ1v) is 21.9. The molecule has 25 heteroatoms. The molecule has 7 N–H and O–H groups in total. The lowest BCUT2D eigenvalue weighted by Gasteiger charge is -2.18. The first-order chi connectivity index (χ1) is 34.2. The summed E-state index contributed by atoms with van der Waals surface area (Å²) in [4.78, 5) is 85.6. The molecule has 24 nitrogen and oxygen atoms in total. The van der Waals surface area contributed by atoms with Crippen LogP contribution in [0.25, 0.3) is 0 Å². The van der Waals surface area contributed by atoms with Crippen LogP contribution in [-0.4, -0.2) is 145 Å². The fourth-order valence-electron chi connectivity index (χ4n) is 5.94. The number of hydrogen-bond donors (Lipinski definition) is 7. The summed E-state index contributed by atoms with van der Waals surface area (Å²) in [6.07, 6.45) is 0. The normalized spacial score (nSPS) is 11.9. The maximum absolute atomic E-state index is 11.7. The number of carboxylic acids is 3. The van der Waals surface area contributed by atoms with Crippen molar-refractivity contribution in [1.29, 1.82) is 0 Å². The zero-order valence-electron chi connectivity index (χ0n) is 40.5. The van der Waals surface area contributed by atoms with E-state index in [-0.39, 0.29) is 47.9 Å². The van der Waals surface area contributed by atoms with E-state index in [1.807, 2.05) is 54.0 Å². The van der Waals surface area contributed by atoms with Crippen molar-refractivity contribution in [1.82, 2.24) is 40.9 Å². The van der Waals surface area contributed by atoms with Gasteiger partial charge in [0.05, 0.1) is 42.5 Å². The number of nitrogens with one attached hydrogen (secondary N) is 4. The largest absolute Gasteiger partial charge is 0.872 e. The highest BCUT2D eigenvalue weighted by molar-refractivity contribution is 7.94. The second-order valence-electron chi connectivity index (χ2n) is 14.1. The molecule has 0 radical (unpaired) electrons. The molecule has 4 amide bonds. The van der Waals surface area contributed by atoms with E-state index < -0.39 is 35.0 Å². The predicted octanol–water partition coefficient (Wildman–Crippen LogP) is 0.0554. The van der Waals surface area contributed by atoms with Gasteiger partial charge < -0.3 is 81.6 Å². The molecule has 4 aromatic rings. The Morgan fingerprint density at radius 1 is 0.589 bits per heavy atom. The quantitative estimate of drug-likeness (QED) is 0.0560. The summed E-state index contributed by atoms with van der Waals surface area (Å²) in [7, 11) is 9.82. The zero-order chi connectivity index (χ0) is 54.5. The second kappa shape index (κ2) is 33.9. The van der Waals surface area contributed by atoms with Crippen molar-refractivity contribution in [2.75, 3.05) is 68.7 Å². The van der Waals surface area contributed by atoms with Crippen molar-refractivity contribution in [2.24, 2.45) is 0 Å². The molecular weight excluding hydrogens is 977 g/mol. The van der Waals surface area contributed by atoms with Gasteiger partial charge in [-0.15, -0.1) is 0 Å². The smallest absolute Gasteiger partial charge is 0.335 e. The zero-order valence-corrected chi connectivity index (χ0v) is 41.3. The number of phenolic OH excluding ortho intramolecular Hbond substituents is 1. The molecule has 0 atom stereocenters. The van der Waals surface area contributed by atoms with Gasteiger partial charge in [0.25, 0.3) is 23.6 Å². The van der Waals surface area contributed by atoms with E-state index in [0.29, 0.717) is 49.2 Å². The van der Waals surface area contributed by atoms with Gasteiger partial charge in [-0.05, 0) is 49.7 Å². The van der Waals surface area contributed by atoms with Gasteiger partial charge in [-0.1, -0.05) is 91.7 Å². The molecule has 2 aliphatic rings. The Hall–Kier alpha value is -8.52. The van der Waals surface area contributed by atoms with Crippen LogP contribution in [0.2, 0.25) is 0 Å². The summed E-state index contributed by atoms with van der Waals surface area (Å²) in [5.74, 6) is -5.84. The van der Waals surface area contributed by atoms with E-state index in [1.54, 1.807) is 70.3 Å². The van der Waals surface area contributed by atoms with Gasteiger partial charge >= 0.3 is 11.9 Å². The minimum atomic E-state index is -1.33. The van der Waals surface area contributed by atoms with Crippen molar-refractivity contribution in [3.05, 3.63) is 143 Å². The summed E-state index contributed by atoms with van der Waals surface area (Å²) in [6, 6.07) is 25.9. The fourth-order valence-corrected chi connectivity index (χ4v) is 6.32. The monoisotopic (exact) mass is 1040 g/mol. The number of para-hydroxylation sites is 1. The number of nitrogens with zero attached hydrogens (tertiary/aromatic N) is 4. The first-order valence-electron chi connectivity index (χ1n) is 21.2. The van der Waals surface area contributed by atoms with Crippen LogP contribution >= 0.6 is 12.0 Å². The SMILES string of the molecule is C.CCN1CN(C)C(C(=O)NC)=C1C(=O)NC.CCN1CN(C)C(C(=O)NC)=C1C(=O)NC.O=C(O)c1cc(O)ccc1[O-].O=C(O)c1ccccc1[O-].O=C([O-])c1ccccc1.[O-]OOSc1ccccc1. The summed E-state index contributed by atoms with van der Waals surface area (Å²) >= 11 is 0.886. The number of phenols is 1. The molecule has 2 aliphatic heterocycles. The van der Waals surface area contributed by atoms with Gasteiger partial charge in [-0.3, -0.25) is 24.2 Å². The van der Waals surface area contributed by atoms with E-state index in [1.165, 1.54) is 36.4 Å². The Balaban J connectivity index is 0.000000862. The molecule has 0 bridgehead atoms. The van der Waals surface area contributed by atoms with E-state index in [2.05, 4.69) is 30.6 Å². The van der Waals surface area contributed by atoms with Crippen LogP contribution in [0.3, 0.4) is 0 Å². The van der Waals surface area contributed by atoms with Gasteiger partial charge in [0.15, 0.2) is 0 Å². The maximum Gasteiger partial charge on any atom is 0.335 e. The van der Waals surface area contributed by atoms with E-state index in [9.17, 15) is 54.1 Å². The number of amides is 4. The van der Waals surface area contributed by atoms with Crippen LogP contribution in [0.15, 0.2) is 131 Å². The highest BCUT2D eigenvalue weighted by Crippen LogP contribution is 2.24. The highest BCUT2D eigenvalue weighted by Gasteiger charge is 2.34. The fraction of sp³-hybridized carbons (Fsp3) is 0.271. The summed E-state index contributed by atoms with van der Waals surface area (Å²) in [5, 5.41) is 79.7. The molecule has 73 heavy (non-hydrogen) atoms. The first kappa shape index (κ1) is 64.5. The topological polar surface area (TPSA) is 352 Å². The van der Waals surface area contributed by atoms with Gasteiger partial charge in [0, 0.05) is 60.3 Å². The molecule has 6 rings (SSSR count). The summed E-state index contributed by atoms with van der Waals surface area (Å²) in [5.41, 5.74) is 1.34. The molecule has 0 spiro atoms. The number of carboxylic acid groups (broad SMARTS) is 3. The minimum absolute atomic E-state index is 0. The van der Waals surface area contributed by atoms with E-state index in [0.717, 1.165) is 35.1 Å². The van der Waals surface area contributed by atoms with Crippen molar-refractivity contribution in [2.45, 2.75) is 26.2 Å². The highest BCUT2D eigenvalue weighted by atomic mass is 32.2. The Kier molecular flexibility index (Phi) is 30.0. The Morgan fingerprint density at radius 2 is 0.973 bits per heavy atom. The maximum atomic E-state index is 11.7. The minimum Gasteiger partial charge on any atom is -0.872 e. The number of aromatic carboxylic acids is 3. The third-order valence-electron chi connectivity index (χ3n) is 9.36. The average Bonchev–Trinajstić information content (AvgIpc) is 3.92. The molecule has 4 aromatic carbocycles. The van der Waals surface area contributed by atoms with Gasteiger partial charge in [0.1, 0.15) is 28.5 Å². The lowest BCUT2D eigenvalue weighted by Crippen LogP contribution is -2.32. The Labute approximate surface area is 426 Å². The van der Waals surface area contributed by atoms with Crippen LogP contribution < -0.4 is 41.8 Å². The molecule has 398 valence electrons. The number of benzene rings is 4. The number of carbonyl (C=O) groups excluding carboxylic acids is 5. The Morgan fingerprint density at radius 3 is 1.30 bits per heavy atom. The predicted molar refractivity (Wildman–Crippen MR) is 260 cm³/mol. The average molecular weight is 1040 g/mol. The van der Waals surface area contributed by atoms with Crippen molar-refractivity contribution < 1.29 is 78.8 Å².